The molecule has 0 saturated carbocycles. The van der Waals surface area contributed by atoms with E-state index in [0.717, 1.165) is 27.2 Å². The van der Waals surface area contributed by atoms with Gasteiger partial charge in [0.15, 0.2) is 5.78 Å². The zero-order chi connectivity index (χ0) is 17.1. The monoisotopic (exact) mass is 326 g/mol. The fourth-order valence-electron chi connectivity index (χ4n) is 3.74. The topological polar surface area (TPSA) is 51.4 Å². The van der Waals surface area contributed by atoms with Crippen molar-refractivity contribution in [2.24, 2.45) is 0 Å². The van der Waals surface area contributed by atoms with Crippen LogP contribution in [0.4, 0.5) is 0 Å². The van der Waals surface area contributed by atoms with Gasteiger partial charge in [0.25, 0.3) is 5.56 Å². The number of carbonyl (C=O) groups excluding carboxylic acids is 1. The second-order valence-corrected chi connectivity index (χ2v) is 6.23. The molecule has 0 unspecified atom stereocenters. The Balaban J connectivity index is 2.11. The molecule has 0 atom stereocenters. The lowest BCUT2D eigenvalue weighted by Gasteiger charge is -2.10. The number of aromatic nitrogens is 2. The molecule has 0 saturated heterocycles. The molecule has 0 amide bonds. The van der Waals surface area contributed by atoms with E-state index in [1.807, 2.05) is 61.5 Å². The summed E-state index contributed by atoms with van der Waals surface area (Å²) in [5, 5.41) is 3.17. The van der Waals surface area contributed by atoms with Gasteiger partial charge in [-0.25, -0.2) is 4.98 Å². The quantitative estimate of drug-likeness (QED) is 0.457. The first-order chi connectivity index (χ1) is 12.2. The molecule has 3 aromatic carbocycles. The van der Waals surface area contributed by atoms with E-state index < -0.39 is 0 Å². The number of hydrogen-bond acceptors (Lipinski definition) is 3. The van der Waals surface area contributed by atoms with Crippen LogP contribution in [0.15, 0.2) is 59.4 Å². The summed E-state index contributed by atoms with van der Waals surface area (Å²) in [6.45, 7) is 1.85. The lowest BCUT2D eigenvalue weighted by atomic mass is 9.95. The second-order valence-electron chi connectivity index (χ2n) is 6.23. The van der Waals surface area contributed by atoms with Gasteiger partial charge < -0.3 is 0 Å². The molecule has 4 heteroatoms. The minimum Gasteiger partial charge on any atom is -0.294 e. The Bertz CT molecular complexity index is 1370. The normalized spacial score (nSPS) is 11.9. The summed E-state index contributed by atoms with van der Waals surface area (Å²) in [4.78, 5) is 30.2. The number of hydrogen-bond donors (Lipinski definition) is 0. The SMILES string of the molecule is CCC(=O)c1ccc2c3c1cccc3c(=O)n1c3ccccc3nc21. The van der Waals surface area contributed by atoms with Crippen LogP contribution in [-0.2, 0) is 0 Å². The number of carbonyl (C=O) groups is 1. The molecule has 2 heterocycles. The van der Waals surface area contributed by atoms with Crippen molar-refractivity contribution in [3.8, 4) is 0 Å². The van der Waals surface area contributed by atoms with Crippen molar-refractivity contribution >= 4 is 44.0 Å². The molecule has 0 spiro atoms. The molecular weight excluding hydrogens is 312 g/mol. The summed E-state index contributed by atoms with van der Waals surface area (Å²) in [6, 6.07) is 17.0. The van der Waals surface area contributed by atoms with E-state index in [0.29, 0.717) is 23.0 Å². The molecule has 5 aromatic rings. The van der Waals surface area contributed by atoms with Crippen LogP contribution < -0.4 is 5.56 Å². The van der Waals surface area contributed by atoms with Gasteiger partial charge in [-0.05, 0) is 29.7 Å². The fourth-order valence-corrected chi connectivity index (χ4v) is 3.74. The molecule has 120 valence electrons. The summed E-state index contributed by atoms with van der Waals surface area (Å²) in [6.07, 6.45) is 0.436. The third-order valence-electron chi connectivity index (χ3n) is 4.90. The predicted molar refractivity (Wildman–Crippen MR) is 99.8 cm³/mol. The van der Waals surface area contributed by atoms with E-state index >= 15 is 0 Å². The summed E-state index contributed by atoms with van der Waals surface area (Å²) in [5.74, 6) is 0.0789. The minimum atomic E-state index is -0.0945. The maximum Gasteiger partial charge on any atom is 0.264 e. The molecule has 2 aromatic heterocycles. The van der Waals surface area contributed by atoms with Crippen LogP contribution in [0.3, 0.4) is 0 Å². The Labute approximate surface area is 142 Å². The van der Waals surface area contributed by atoms with E-state index in [1.165, 1.54) is 0 Å². The van der Waals surface area contributed by atoms with Crippen molar-refractivity contribution < 1.29 is 4.79 Å². The first kappa shape index (κ1) is 14.1. The zero-order valence-electron chi connectivity index (χ0n) is 13.6. The third kappa shape index (κ3) is 1.74. The average Bonchev–Trinajstić information content (AvgIpc) is 3.05. The zero-order valence-corrected chi connectivity index (χ0v) is 13.6. The third-order valence-corrected chi connectivity index (χ3v) is 4.90. The number of benzene rings is 3. The van der Waals surface area contributed by atoms with Crippen LogP contribution >= 0.6 is 0 Å². The molecule has 0 radical (unpaired) electrons. The Morgan fingerprint density at radius 1 is 0.960 bits per heavy atom. The van der Waals surface area contributed by atoms with E-state index in [1.54, 1.807) is 4.40 Å². The smallest absolute Gasteiger partial charge is 0.264 e. The molecule has 25 heavy (non-hydrogen) atoms. The highest BCUT2D eigenvalue weighted by molar-refractivity contribution is 6.21. The molecular formula is C21H14N2O2. The molecule has 0 aliphatic heterocycles. The van der Waals surface area contributed by atoms with Gasteiger partial charge in [0.1, 0.15) is 5.65 Å². The molecule has 0 aliphatic rings. The van der Waals surface area contributed by atoms with E-state index in [2.05, 4.69) is 4.98 Å². The van der Waals surface area contributed by atoms with Crippen molar-refractivity contribution in [1.29, 1.82) is 0 Å². The van der Waals surface area contributed by atoms with Gasteiger partial charge in [0, 0.05) is 28.1 Å². The van der Waals surface area contributed by atoms with Crippen molar-refractivity contribution in [1.82, 2.24) is 9.38 Å². The van der Waals surface area contributed by atoms with Gasteiger partial charge in [-0.15, -0.1) is 0 Å². The van der Waals surface area contributed by atoms with Gasteiger partial charge in [-0.2, -0.15) is 0 Å². The number of nitrogens with zero attached hydrogens (tertiary/aromatic N) is 2. The van der Waals surface area contributed by atoms with E-state index in [4.69, 9.17) is 0 Å². The van der Waals surface area contributed by atoms with Gasteiger partial charge in [-0.3, -0.25) is 14.0 Å². The Morgan fingerprint density at radius 2 is 1.76 bits per heavy atom. The lowest BCUT2D eigenvalue weighted by Crippen LogP contribution is -2.13. The highest BCUT2D eigenvalue weighted by atomic mass is 16.1. The van der Waals surface area contributed by atoms with E-state index in [-0.39, 0.29) is 11.3 Å². The number of ketones is 1. The molecule has 0 N–H and O–H groups in total. The maximum atomic E-state index is 13.2. The molecule has 0 bridgehead atoms. The number of Topliss-reactive ketones (excluding diaryl/α,β-unsaturated/α-hetero) is 1. The number of imidazole rings is 1. The lowest BCUT2D eigenvalue weighted by molar-refractivity contribution is 0.0990. The molecule has 5 rings (SSSR count). The number of pyridine rings is 1. The Kier molecular flexibility index (Phi) is 2.74. The average molecular weight is 326 g/mol. The highest BCUT2D eigenvalue weighted by Crippen LogP contribution is 2.32. The Morgan fingerprint density at radius 3 is 2.60 bits per heavy atom. The number of para-hydroxylation sites is 2. The van der Waals surface area contributed by atoms with Crippen molar-refractivity contribution in [2.45, 2.75) is 13.3 Å². The number of rotatable bonds is 2. The van der Waals surface area contributed by atoms with Crippen LogP contribution in [0.1, 0.15) is 23.7 Å². The summed E-state index contributed by atoms with van der Waals surface area (Å²) in [7, 11) is 0. The van der Waals surface area contributed by atoms with Crippen molar-refractivity contribution in [3.63, 3.8) is 0 Å². The predicted octanol–water partition coefficient (Wildman–Crippen LogP) is 4.18. The number of fused-ring (bicyclic) bond motifs is 4. The largest absolute Gasteiger partial charge is 0.294 e. The highest BCUT2D eigenvalue weighted by Gasteiger charge is 2.18. The molecule has 0 aliphatic carbocycles. The van der Waals surface area contributed by atoms with Gasteiger partial charge in [-0.1, -0.05) is 37.3 Å². The van der Waals surface area contributed by atoms with Crippen LogP contribution in [-0.4, -0.2) is 15.2 Å². The fraction of sp³-hybridized carbons (Fsp3) is 0.0952. The van der Waals surface area contributed by atoms with Crippen LogP contribution in [0.2, 0.25) is 0 Å². The van der Waals surface area contributed by atoms with Gasteiger partial charge in [0.2, 0.25) is 0 Å². The maximum absolute atomic E-state index is 13.2. The summed E-state index contributed by atoms with van der Waals surface area (Å²) >= 11 is 0. The first-order valence-electron chi connectivity index (χ1n) is 8.32. The molecule has 4 nitrogen and oxygen atoms in total. The Hall–Kier alpha value is -3.27. The standard InChI is InChI=1S/C21H14N2O2/c1-2-18(24)12-10-11-14-19-13(12)6-5-7-15(19)21(25)23-17-9-4-3-8-16(17)22-20(14)23/h3-11H,2H2,1H3. The second kappa shape index (κ2) is 4.86. The summed E-state index contributed by atoms with van der Waals surface area (Å²) in [5.41, 5.74) is 2.81. The van der Waals surface area contributed by atoms with E-state index in [9.17, 15) is 9.59 Å². The first-order valence-corrected chi connectivity index (χ1v) is 8.32. The van der Waals surface area contributed by atoms with Crippen LogP contribution in [0.5, 0.6) is 0 Å². The van der Waals surface area contributed by atoms with Crippen LogP contribution in [0, 0.1) is 0 Å². The molecule has 0 fully saturated rings. The minimum absolute atomic E-state index is 0.0789. The van der Waals surface area contributed by atoms with Gasteiger partial charge in [0.05, 0.1) is 11.0 Å². The van der Waals surface area contributed by atoms with Crippen LogP contribution in [0.25, 0.3) is 38.2 Å². The van der Waals surface area contributed by atoms with Crippen molar-refractivity contribution in [3.05, 3.63) is 70.5 Å². The van der Waals surface area contributed by atoms with Gasteiger partial charge >= 0.3 is 0 Å². The van der Waals surface area contributed by atoms with Crippen molar-refractivity contribution in [2.75, 3.05) is 0 Å². The summed E-state index contributed by atoms with van der Waals surface area (Å²) < 4.78 is 1.67.